The Hall–Kier alpha value is -1.55. The monoisotopic (exact) mass is 197 g/mol. The Labute approximate surface area is 77.8 Å². The lowest BCUT2D eigenvalue weighted by Gasteiger charge is -1.97. The van der Waals surface area contributed by atoms with Gasteiger partial charge in [-0.3, -0.25) is 0 Å². The second kappa shape index (κ2) is 2.74. The summed E-state index contributed by atoms with van der Waals surface area (Å²) in [5, 5.41) is 9.36. The highest BCUT2D eigenvalue weighted by Gasteiger charge is 2.16. The second-order valence-electron chi connectivity index (χ2n) is 2.43. The van der Waals surface area contributed by atoms with Crippen LogP contribution in [-0.2, 0) is 0 Å². The molecular formula is C8H4ClNO3. The summed E-state index contributed by atoms with van der Waals surface area (Å²) < 4.78 is 4.99. The molecule has 0 fully saturated rings. The molecule has 0 aliphatic rings. The van der Waals surface area contributed by atoms with E-state index in [1.165, 1.54) is 12.5 Å². The summed E-state index contributed by atoms with van der Waals surface area (Å²) in [4.78, 5) is 14.5. The predicted molar refractivity (Wildman–Crippen MR) is 46.0 cm³/mol. The molecule has 0 atom stereocenters. The largest absolute Gasteiger partial charge is 0.477 e. The van der Waals surface area contributed by atoms with E-state index in [9.17, 15) is 4.79 Å². The zero-order chi connectivity index (χ0) is 9.42. The molecule has 0 amide bonds. The maximum atomic E-state index is 10.7. The van der Waals surface area contributed by atoms with Crippen molar-refractivity contribution in [3.63, 3.8) is 0 Å². The van der Waals surface area contributed by atoms with Crippen molar-refractivity contribution in [1.82, 2.24) is 4.98 Å². The number of aromatic carboxylic acids is 1. The number of nitrogens with zero attached hydrogens (tertiary/aromatic N) is 1. The smallest absolute Gasteiger partial charge is 0.342 e. The molecular weight excluding hydrogens is 194 g/mol. The van der Waals surface area contributed by atoms with E-state index < -0.39 is 5.97 Å². The van der Waals surface area contributed by atoms with Crippen molar-refractivity contribution < 1.29 is 14.3 Å². The molecule has 0 aromatic carbocycles. The summed E-state index contributed by atoms with van der Waals surface area (Å²) in [7, 11) is 0. The first-order valence-electron chi connectivity index (χ1n) is 3.45. The van der Waals surface area contributed by atoms with Crippen molar-refractivity contribution in [2.24, 2.45) is 0 Å². The van der Waals surface area contributed by atoms with Crippen LogP contribution in [0.25, 0.3) is 11.0 Å². The van der Waals surface area contributed by atoms with Crippen LogP contribution in [0.1, 0.15) is 10.4 Å². The number of rotatable bonds is 1. The van der Waals surface area contributed by atoms with Gasteiger partial charge in [0, 0.05) is 11.6 Å². The Morgan fingerprint density at radius 1 is 1.62 bits per heavy atom. The zero-order valence-electron chi connectivity index (χ0n) is 6.32. The van der Waals surface area contributed by atoms with E-state index in [-0.39, 0.29) is 16.3 Å². The highest BCUT2D eigenvalue weighted by Crippen LogP contribution is 2.24. The third-order valence-corrected chi connectivity index (χ3v) is 1.95. The summed E-state index contributed by atoms with van der Waals surface area (Å²) >= 11 is 5.60. The molecule has 0 saturated carbocycles. The van der Waals surface area contributed by atoms with E-state index in [2.05, 4.69) is 4.98 Å². The molecule has 5 heteroatoms. The van der Waals surface area contributed by atoms with Crippen LogP contribution in [0.4, 0.5) is 0 Å². The minimum absolute atomic E-state index is 0.0602. The molecule has 0 bridgehead atoms. The van der Waals surface area contributed by atoms with Crippen molar-refractivity contribution in [3.05, 3.63) is 29.2 Å². The Kier molecular flexibility index (Phi) is 1.70. The number of carboxylic acid groups (broad SMARTS) is 1. The number of halogens is 1. The minimum Gasteiger partial charge on any atom is -0.477 e. The van der Waals surface area contributed by atoms with Crippen molar-refractivity contribution in [1.29, 1.82) is 0 Å². The second-order valence-corrected chi connectivity index (χ2v) is 2.79. The Balaban J connectivity index is 2.88. The van der Waals surface area contributed by atoms with Gasteiger partial charge in [0.25, 0.3) is 0 Å². The van der Waals surface area contributed by atoms with Gasteiger partial charge in [-0.2, -0.15) is 0 Å². The minimum atomic E-state index is -1.14. The molecule has 2 rings (SSSR count). The molecule has 0 unspecified atom stereocenters. The van der Waals surface area contributed by atoms with E-state index in [0.29, 0.717) is 5.39 Å². The summed E-state index contributed by atoms with van der Waals surface area (Å²) in [6.45, 7) is 0. The van der Waals surface area contributed by atoms with Crippen LogP contribution in [0.2, 0.25) is 5.15 Å². The van der Waals surface area contributed by atoms with Gasteiger partial charge in [-0.25, -0.2) is 9.78 Å². The third-order valence-electron chi connectivity index (χ3n) is 1.66. The molecule has 0 saturated heterocycles. The number of carboxylic acids is 1. The van der Waals surface area contributed by atoms with Crippen LogP contribution in [0.15, 0.2) is 22.9 Å². The average molecular weight is 198 g/mol. The number of hydrogen-bond acceptors (Lipinski definition) is 3. The van der Waals surface area contributed by atoms with Crippen LogP contribution in [0.3, 0.4) is 0 Å². The van der Waals surface area contributed by atoms with E-state index in [4.69, 9.17) is 21.1 Å². The third kappa shape index (κ3) is 1.15. The summed E-state index contributed by atoms with van der Waals surface area (Å²) in [5.41, 5.74) is 0.164. The first-order chi connectivity index (χ1) is 6.20. The molecule has 4 nitrogen and oxygen atoms in total. The van der Waals surface area contributed by atoms with E-state index in [1.54, 1.807) is 6.07 Å². The molecule has 66 valence electrons. The van der Waals surface area contributed by atoms with Crippen LogP contribution in [-0.4, -0.2) is 16.1 Å². The maximum Gasteiger partial charge on any atom is 0.342 e. The van der Waals surface area contributed by atoms with Crippen LogP contribution < -0.4 is 0 Å². The molecule has 13 heavy (non-hydrogen) atoms. The van der Waals surface area contributed by atoms with Crippen molar-refractivity contribution in [3.8, 4) is 0 Å². The predicted octanol–water partition coefficient (Wildman–Crippen LogP) is 2.18. The van der Waals surface area contributed by atoms with Crippen LogP contribution in [0.5, 0.6) is 0 Å². The van der Waals surface area contributed by atoms with Gasteiger partial charge < -0.3 is 9.52 Å². The Morgan fingerprint density at radius 3 is 3.08 bits per heavy atom. The lowest BCUT2D eigenvalue weighted by Crippen LogP contribution is -1.99. The van der Waals surface area contributed by atoms with E-state index >= 15 is 0 Å². The lowest BCUT2D eigenvalue weighted by atomic mass is 10.2. The molecule has 0 radical (unpaired) electrons. The Morgan fingerprint density at radius 2 is 2.38 bits per heavy atom. The van der Waals surface area contributed by atoms with E-state index in [1.807, 2.05) is 0 Å². The van der Waals surface area contributed by atoms with Gasteiger partial charge >= 0.3 is 5.97 Å². The molecule has 1 N–H and O–H groups in total. The van der Waals surface area contributed by atoms with Gasteiger partial charge in [-0.05, 0) is 6.07 Å². The van der Waals surface area contributed by atoms with Crippen LogP contribution >= 0.6 is 11.6 Å². The average Bonchev–Trinajstić information content (AvgIpc) is 2.50. The van der Waals surface area contributed by atoms with Crippen molar-refractivity contribution in [2.75, 3.05) is 0 Å². The zero-order valence-corrected chi connectivity index (χ0v) is 7.08. The van der Waals surface area contributed by atoms with Gasteiger partial charge in [0.2, 0.25) is 0 Å². The van der Waals surface area contributed by atoms with Crippen molar-refractivity contribution in [2.45, 2.75) is 0 Å². The fourth-order valence-electron chi connectivity index (χ4n) is 1.09. The number of pyridine rings is 1. The summed E-state index contributed by atoms with van der Waals surface area (Å²) in [6, 6.07) is 1.63. The van der Waals surface area contributed by atoms with Gasteiger partial charge in [0.05, 0.1) is 6.26 Å². The quantitative estimate of drug-likeness (QED) is 0.712. The van der Waals surface area contributed by atoms with E-state index in [0.717, 1.165) is 0 Å². The molecule has 0 aliphatic heterocycles. The maximum absolute atomic E-state index is 10.7. The highest BCUT2D eigenvalue weighted by atomic mass is 35.5. The van der Waals surface area contributed by atoms with Gasteiger partial charge in [0.1, 0.15) is 10.7 Å². The number of hydrogen-bond donors (Lipinski definition) is 1. The first kappa shape index (κ1) is 8.07. The van der Waals surface area contributed by atoms with Gasteiger partial charge in [-0.15, -0.1) is 0 Å². The Bertz CT molecular complexity index is 477. The lowest BCUT2D eigenvalue weighted by molar-refractivity contribution is 0.0697. The number of furan rings is 1. The molecule has 2 aromatic rings. The molecule has 2 aromatic heterocycles. The summed E-state index contributed by atoms with van der Waals surface area (Å²) in [5.74, 6) is -1.14. The standard InChI is InChI=1S/C8H4ClNO3/c9-7-5(8(11)12)6-4(3-10-7)1-2-13-6/h1-3H,(H,11,12). The normalized spacial score (nSPS) is 10.5. The van der Waals surface area contributed by atoms with Crippen molar-refractivity contribution >= 4 is 28.5 Å². The first-order valence-corrected chi connectivity index (χ1v) is 3.83. The molecule has 0 aliphatic carbocycles. The fraction of sp³-hybridized carbons (Fsp3) is 0. The summed E-state index contributed by atoms with van der Waals surface area (Å²) in [6.07, 6.45) is 2.86. The molecule has 0 spiro atoms. The topological polar surface area (TPSA) is 63.3 Å². The molecule has 2 heterocycles. The van der Waals surface area contributed by atoms with Gasteiger partial charge in [-0.1, -0.05) is 11.6 Å². The number of carbonyl (C=O) groups is 1. The highest BCUT2D eigenvalue weighted by molar-refractivity contribution is 6.33. The number of aromatic nitrogens is 1. The number of fused-ring (bicyclic) bond motifs is 1. The SMILES string of the molecule is O=C(O)c1c(Cl)ncc2ccoc12. The fourth-order valence-corrected chi connectivity index (χ4v) is 1.31. The van der Waals surface area contributed by atoms with Gasteiger partial charge in [0.15, 0.2) is 5.58 Å². The van der Waals surface area contributed by atoms with Crippen LogP contribution in [0, 0.1) is 0 Å².